The van der Waals surface area contributed by atoms with E-state index in [1.807, 2.05) is 13.2 Å². The molecular weight excluding hydrogens is 416 g/mol. The summed E-state index contributed by atoms with van der Waals surface area (Å²) in [7, 11) is 1.84. The number of carbonyl (C=O) groups is 1. The zero-order valence-electron chi connectivity index (χ0n) is 18.5. The van der Waals surface area contributed by atoms with Gasteiger partial charge in [-0.25, -0.2) is 19.9 Å². The van der Waals surface area contributed by atoms with Gasteiger partial charge < -0.3 is 20.5 Å². The van der Waals surface area contributed by atoms with Crippen molar-refractivity contribution in [3.8, 4) is 0 Å². The summed E-state index contributed by atoms with van der Waals surface area (Å²) in [6.45, 7) is 1.01. The summed E-state index contributed by atoms with van der Waals surface area (Å²) in [5.74, 6) is 1.13. The summed E-state index contributed by atoms with van der Waals surface area (Å²) >= 11 is 0. The molecule has 9 heteroatoms. The van der Waals surface area contributed by atoms with E-state index in [4.69, 9.17) is 10.7 Å². The topological polar surface area (TPSA) is 114 Å². The number of hydrogen-bond acceptors (Lipinski definition) is 7. The lowest BCUT2D eigenvalue weighted by Crippen LogP contribution is -2.38. The van der Waals surface area contributed by atoms with Crippen molar-refractivity contribution in [1.29, 1.82) is 0 Å². The van der Waals surface area contributed by atoms with E-state index < -0.39 is 0 Å². The van der Waals surface area contributed by atoms with E-state index in [0.717, 1.165) is 24.1 Å². The first-order chi connectivity index (χ1) is 16.1. The largest absolute Gasteiger partial charge is 0.404 e. The summed E-state index contributed by atoms with van der Waals surface area (Å²) < 4.78 is 1.76. The molecule has 0 atom stereocenters. The molecule has 1 amide bonds. The highest BCUT2D eigenvalue weighted by molar-refractivity contribution is 6.12. The van der Waals surface area contributed by atoms with Crippen molar-refractivity contribution in [2.45, 2.75) is 31.8 Å². The fourth-order valence-electron chi connectivity index (χ4n) is 4.36. The number of rotatable bonds is 5. The van der Waals surface area contributed by atoms with Crippen LogP contribution in [0.2, 0.25) is 0 Å². The number of benzene rings is 1. The fraction of sp³-hybridized carbons (Fsp3) is 0.292. The number of nitrogens with two attached hydrogens (primary N) is 1. The summed E-state index contributed by atoms with van der Waals surface area (Å²) in [6, 6.07) is 8.83. The summed E-state index contributed by atoms with van der Waals surface area (Å²) in [5.41, 5.74) is 10.8. The molecule has 3 aromatic rings. The van der Waals surface area contributed by atoms with E-state index in [1.54, 1.807) is 22.0 Å². The SMILES string of the molecule is Cn1cncc1N=CC(=CN)C(=O)N1CCc2nc(NC3Cc4ccccc4C3)ncc2C1. The van der Waals surface area contributed by atoms with E-state index in [0.29, 0.717) is 42.9 Å². The highest BCUT2D eigenvalue weighted by atomic mass is 16.2. The molecule has 5 rings (SSSR count). The minimum absolute atomic E-state index is 0.167. The normalized spacial score (nSPS) is 16.2. The van der Waals surface area contributed by atoms with Gasteiger partial charge in [0.25, 0.3) is 5.91 Å². The van der Waals surface area contributed by atoms with Gasteiger partial charge in [0, 0.05) is 56.8 Å². The Morgan fingerprint density at radius 3 is 2.70 bits per heavy atom. The molecule has 0 unspecified atom stereocenters. The predicted molar refractivity (Wildman–Crippen MR) is 126 cm³/mol. The molecule has 3 N–H and O–H groups in total. The number of aromatic nitrogens is 4. The second kappa shape index (κ2) is 8.85. The Morgan fingerprint density at radius 1 is 1.21 bits per heavy atom. The van der Waals surface area contributed by atoms with Gasteiger partial charge in [0.15, 0.2) is 5.82 Å². The molecule has 9 nitrogen and oxygen atoms in total. The van der Waals surface area contributed by atoms with Crippen LogP contribution in [0.3, 0.4) is 0 Å². The quantitative estimate of drug-likeness (QED) is 0.461. The van der Waals surface area contributed by atoms with Gasteiger partial charge in [-0.1, -0.05) is 24.3 Å². The fourth-order valence-corrected chi connectivity index (χ4v) is 4.36. The average Bonchev–Trinajstić information content (AvgIpc) is 3.44. The monoisotopic (exact) mass is 442 g/mol. The molecule has 1 aliphatic heterocycles. The van der Waals surface area contributed by atoms with Crippen LogP contribution in [0.25, 0.3) is 0 Å². The number of aliphatic imine (C=N–C) groups is 1. The van der Waals surface area contributed by atoms with Crippen LogP contribution in [0, 0.1) is 0 Å². The molecule has 2 aromatic heterocycles. The number of hydrogen-bond donors (Lipinski definition) is 2. The van der Waals surface area contributed by atoms with Crippen LogP contribution in [0.4, 0.5) is 11.8 Å². The van der Waals surface area contributed by atoms with Gasteiger partial charge in [-0.3, -0.25) is 4.79 Å². The Balaban J connectivity index is 1.23. The molecule has 1 aliphatic carbocycles. The van der Waals surface area contributed by atoms with E-state index in [-0.39, 0.29) is 5.91 Å². The third-order valence-corrected chi connectivity index (χ3v) is 6.16. The molecule has 33 heavy (non-hydrogen) atoms. The maximum Gasteiger partial charge on any atom is 0.257 e. The van der Waals surface area contributed by atoms with Crippen LogP contribution in [0.1, 0.15) is 22.4 Å². The average molecular weight is 443 g/mol. The third kappa shape index (κ3) is 4.34. The number of fused-ring (bicyclic) bond motifs is 2. The molecule has 0 saturated heterocycles. The van der Waals surface area contributed by atoms with Crippen LogP contribution in [-0.2, 0) is 37.6 Å². The number of imidazole rings is 1. The number of anilines is 1. The van der Waals surface area contributed by atoms with Gasteiger partial charge in [-0.05, 0) is 24.0 Å². The lowest BCUT2D eigenvalue weighted by Gasteiger charge is -2.28. The molecule has 0 radical (unpaired) electrons. The Labute approximate surface area is 192 Å². The smallest absolute Gasteiger partial charge is 0.257 e. The molecule has 3 heterocycles. The van der Waals surface area contributed by atoms with Crippen LogP contribution in [0.5, 0.6) is 0 Å². The minimum Gasteiger partial charge on any atom is -0.404 e. The minimum atomic E-state index is -0.167. The summed E-state index contributed by atoms with van der Waals surface area (Å²) in [4.78, 5) is 32.4. The van der Waals surface area contributed by atoms with Crippen molar-refractivity contribution in [3.05, 3.63) is 77.1 Å². The zero-order valence-corrected chi connectivity index (χ0v) is 18.5. The van der Waals surface area contributed by atoms with Crippen LogP contribution < -0.4 is 11.1 Å². The third-order valence-electron chi connectivity index (χ3n) is 6.16. The maximum atomic E-state index is 13.0. The van der Waals surface area contributed by atoms with E-state index >= 15 is 0 Å². The van der Waals surface area contributed by atoms with E-state index in [1.165, 1.54) is 23.5 Å². The van der Waals surface area contributed by atoms with Crippen molar-refractivity contribution in [2.24, 2.45) is 17.8 Å². The lowest BCUT2D eigenvalue weighted by molar-refractivity contribution is -0.127. The molecule has 0 bridgehead atoms. The van der Waals surface area contributed by atoms with Crippen LogP contribution in [-0.4, -0.2) is 49.1 Å². The van der Waals surface area contributed by atoms with Crippen molar-refractivity contribution in [3.63, 3.8) is 0 Å². The number of nitrogens with one attached hydrogen (secondary N) is 1. The summed E-state index contributed by atoms with van der Waals surface area (Å²) in [6.07, 6.45) is 10.5. The predicted octanol–water partition coefficient (Wildman–Crippen LogP) is 1.92. The van der Waals surface area contributed by atoms with Crippen molar-refractivity contribution in [1.82, 2.24) is 24.4 Å². The van der Waals surface area contributed by atoms with E-state index in [2.05, 4.69) is 44.5 Å². The number of amides is 1. The van der Waals surface area contributed by atoms with Crippen molar-refractivity contribution >= 4 is 23.9 Å². The van der Waals surface area contributed by atoms with Gasteiger partial charge in [0.2, 0.25) is 5.95 Å². The van der Waals surface area contributed by atoms with Crippen molar-refractivity contribution in [2.75, 3.05) is 11.9 Å². The second-order valence-electron chi connectivity index (χ2n) is 8.40. The standard InChI is InChI=1S/C24H26N8O/c1-31-15-26-13-22(31)27-11-18(10-25)23(33)32-7-6-21-19(14-32)12-28-24(30-21)29-20-8-16-4-2-3-5-17(16)9-20/h2-5,10-13,15,20H,6-9,14,25H2,1H3,(H,28,29,30). The first kappa shape index (κ1) is 20.9. The molecule has 0 spiro atoms. The summed E-state index contributed by atoms with van der Waals surface area (Å²) in [5, 5.41) is 3.48. The van der Waals surface area contributed by atoms with Gasteiger partial charge in [-0.2, -0.15) is 0 Å². The van der Waals surface area contributed by atoms with Gasteiger partial charge in [0.1, 0.15) is 0 Å². The van der Waals surface area contributed by atoms with Crippen LogP contribution in [0.15, 0.2) is 59.8 Å². The molecule has 168 valence electrons. The molecule has 1 aromatic carbocycles. The number of nitrogens with zero attached hydrogens (tertiary/aromatic N) is 6. The Morgan fingerprint density at radius 2 is 2.00 bits per heavy atom. The zero-order chi connectivity index (χ0) is 22.8. The second-order valence-corrected chi connectivity index (χ2v) is 8.40. The number of aryl methyl sites for hydroxylation is 1. The molecule has 0 saturated carbocycles. The first-order valence-electron chi connectivity index (χ1n) is 11.0. The van der Waals surface area contributed by atoms with Gasteiger partial charge >= 0.3 is 0 Å². The number of carbonyl (C=O) groups excluding carboxylic acids is 1. The van der Waals surface area contributed by atoms with Crippen LogP contribution >= 0.6 is 0 Å². The first-order valence-corrected chi connectivity index (χ1v) is 11.0. The highest BCUT2D eigenvalue weighted by Gasteiger charge is 2.25. The molecule has 2 aliphatic rings. The Hall–Kier alpha value is -4.01. The Bertz CT molecular complexity index is 1220. The maximum absolute atomic E-state index is 13.0. The van der Waals surface area contributed by atoms with Gasteiger partial charge in [-0.15, -0.1) is 0 Å². The van der Waals surface area contributed by atoms with Gasteiger partial charge in [0.05, 0.1) is 23.8 Å². The lowest BCUT2D eigenvalue weighted by atomic mass is 10.1. The van der Waals surface area contributed by atoms with Crippen molar-refractivity contribution < 1.29 is 4.79 Å². The molecule has 0 fully saturated rings. The Kier molecular flexibility index (Phi) is 5.60. The molecular formula is C24H26N8O. The van der Waals surface area contributed by atoms with E-state index in [9.17, 15) is 4.79 Å². The highest BCUT2D eigenvalue weighted by Crippen LogP contribution is 2.25.